The quantitative estimate of drug-likeness (QED) is 0.407. The average molecular weight is 413 g/mol. The standard InChI is InChI=1S/C19H22Cl2N2O4/c1-12(9-26-16(24)13-6-4-3-5-7-13)15-14(10-27-17(15)25)8-19(21)18(20)22-11-23(19)2/h3-7,11-12,14-15,18H,8-10H2,1-2H3/t12?,14-,15-,18?,19?/m0/s1. The van der Waals surface area contributed by atoms with Crippen molar-refractivity contribution in [2.24, 2.45) is 22.7 Å². The van der Waals surface area contributed by atoms with E-state index in [2.05, 4.69) is 4.99 Å². The average Bonchev–Trinajstić information content (AvgIpc) is 3.14. The second-order valence-corrected chi connectivity index (χ2v) is 8.16. The molecular formula is C19H22Cl2N2O4. The van der Waals surface area contributed by atoms with E-state index in [9.17, 15) is 9.59 Å². The summed E-state index contributed by atoms with van der Waals surface area (Å²) in [4.78, 5) is 29.4. The molecule has 0 aromatic heterocycles. The zero-order valence-corrected chi connectivity index (χ0v) is 16.7. The molecule has 8 heteroatoms. The number of nitrogens with zero attached hydrogens (tertiary/aromatic N) is 2. The monoisotopic (exact) mass is 412 g/mol. The maximum Gasteiger partial charge on any atom is 0.338 e. The van der Waals surface area contributed by atoms with Crippen LogP contribution in [0, 0.1) is 17.8 Å². The molecule has 0 N–H and O–H groups in total. The first-order valence-electron chi connectivity index (χ1n) is 8.81. The lowest BCUT2D eigenvalue weighted by atomic mass is 9.81. The summed E-state index contributed by atoms with van der Waals surface area (Å²) in [6, 6.07) is 8.75. The Morgan fingerprint density at radius 1 is 1.44 bits per heavy atom. The van der Waals surface area contributed by atoms with Gasteiger partial charge < -0.3 is 14.4 Å². The summed E-state index contributed by atoms with van der Waals surface area (Å²) in [5, 5.41) is 0. The van der Waals surface area contributed by atoms with E-state index < -0.39 is 22.4 Å². The van der Waals surface area contributed by atoms with E-state index in [-0.39, 0.29) is 31.0 Å². The van der Waals surface area contributed by atoms with Gasteiger partial charge in [-0.05, 0) is 18.6 Å². The zero-order chi connectivity index (χ0) is 19.6. The number of alkyl halides is 2. The van der Waals surface area contributed by atoms with E-state index in [1.165, 1.54) is 0 Å². The van der Waals surface area contributed by atoms with Crippen molar-refractivity contribution in [2.75, 3.05) is 20.3 Å². The third kappa shape index (κ3) is 4.06. The van der Waals surface area contributed by atoms with Crippen LogP contribution in [0.4, 0.5) is 0 Å². The van der Waals surface area contributed by atoms with Gasteiger partial charge in [0, 0.05) is 18.9 Å². The summed E-state index contributed by atoms with van der Waals surface area (Å²) in [7, 11) is 1.80. The van der Waals surface area contributed by atoms with Crippen LogP contribution in [0.5, 0.6) is 0 Å². The SMILES string of the molecule is CC(COC(=O)c1ccccc1)[C@@H]1C(=O)OC[C@@H]1CC1(Cl)C(Cl)N=CN1C. The molecule has 2 aliphatic heterocycles. The summed E-state index contributed by atoms with van der Waals surface area (Å²) in [5.41, 5.74) is -0.128. The van der Waals surface area contributed by atoms with Gasteiger partial charge in [-0.3, -0.25) is 9.79 Å². The molecule has 6 nitrogen and oxygen atoms in total. The predicted octanol–water partition coefficient (Wildman–Crippen LogP) is 3.13. The molecule has 1 saturated heterocycles. The number of carbonyl (C=O) groups is 2. The van der Waals surface area contributed by atoms with Crippen molar-refractivity contribution < 1.29 is 19.1 Å². The Bertz CT molecular complexity index is 716. The van der Waals surface area contributed by atoms with Crippen molar-refractivity contribution in [1.82, 2.24) is 4.90 Å². The minimum absolute atomic E-state index is 0.121. The Kier molecular flexibility index (Phi) is 5.96. The van der Waals surface area contributed by atoms with Crippen LogP contribution in [0.3, 0.4) is 0 Å². The number of esters is 2. The van der Waals surface area contributed by atoms with E-state index >= 15 is 0 Å². The summed E-state index contributed by atoms with van der Waals surface area (Å²) in [5.74, 6) is -1.47. The number of cyclic esters (lactones) is 1. The minimum Gasteiger partial charge on any atom is -0.465 e. The largest absolute Gasteiger partial charge is 0.465 e. The van der Waals surface area contributed by atoms with Crippen molar-refractivity contribution in [3.63, 3.8) is 0 Å². The number of carbonyl (C=O) groups excluding carboxylic acids is 2. The molecule has 3 unspecified atom stereocenters. The molecule has 0 radical (unpaired) electrons. The number of benzene rings is 1. The molecule has 27 heavy (non-hydrogen) atoms. The number of rotatable bonds is 6. The van der Waals surface area contributed by atoms with Crippen LogP contribution in [-0.4, -0.2) is 53.9 Å². The van der Waals surface area contributed by atoms with E-state index in [4.69, 9.17) is 32.7 Å². The van der Waals surface area contributed by atoms with Crippen LogP contribution in [0.1, 0.15) is 23.7 Å². The van der Waals surface area contributed by atoms with Crippen LogP contribution in [-0.2, 0) is 14.3 Å². The Labute approximate surface area is 168 Å². The highest BCUT2D eigenvalue weighted by molar-refractivity contribution is 6.33. The smallest absolute Gasteiger partial charge is 0.338 e. The molecular weight excluding hydrogens is 391 g/mol. The maximum atomic E-state index is 12.3. The van der Waals surface area contributed by atoms with Crippen LogP contribution < -0.4 is 0 Å². The highest BCUT2D eigenvalue weighted by atomic mass is 35.5. The van der Waals surface area contributed by atoms with E-state index in [1.807, 2.05) is 13.0 Å². The highest BCUT2D eigenvalue weighted by Gasteiger charge is 2.50. The molecule has 0 saturated carbocycles. The molecule has 0 bridgehead atoms. The molecule has 2 heterocycles. The number of halogens is 2. The highest BCUT2D eigenvalue weighted by Crippen LogP contribution is 2.43. The normalized spacial score (nSPS) is 31.0. The van der Waals surface area contributed by atoms with Gasteiger partial charge >= 0.3 is 11.9 Å². The Balaban J connectivity index is 1.63. The Morgan fingerprint density at radius 2 is 2.15 bits per heavy atom. The van der Waals surface area contributed by atoms with Gasteiger partial charge in [-0.15, -0.1) is 0 Å². The molecule has 1 aromatic rings. The lowest BCUT2D eigenvalue weighted by Crippen LogP contribution is -2.45. The van der Waals surface area contributed by atoms with Crippen LogP contribution in [0.25, 0.3) is 0 Å². The lowest BCUT2D eigenvalue weighted by Gasteiger charge is -2.35. The van der Waals surface area contributed by atoms with Gasteiger partial charge in [-0.1, -0.05) is 48.3 Å². The topological polar surface area (TPSA) is 68.2 Å². The molecule has 0 amide bonds. The zero-order valence-electron chi connectivity index (χ0n) is 15.2. The molecule has 0 spiro atoms. The number of aliphatic imine (C=N–C) groups is 1. The summed E-state index contributed by atoms with van der Waals surface area (Å²) in [6.45, 7) is 2.26. The predicted molar refractivity (Wildman–Crippen MR) is 103 cm³/mol. The second kappa shape index (κ2) is 8.07. The molecule has 1 fully saturated rings. The number of hydrogen-bond acceptors (Lipinski definition) is 6. The van der Waals surface area contributed by atoms with Gasteiger partial charge in [0.1, 0.15) is 0 Å². The third-order valence-corrected chi connectivity index (χ3v) is 6.40. The van der Waals surface area contributed by atoms with Gasteiger partial charge in [-0.2, -0.15) is 0 Å². The van der Waals surface area contributed by atoms with Gasteiger partial charge in [-0.25, -0.2) is 4.79 Å². The minimum atomic E-state index is -0.904. The summed E-state index contributed by atoms with van der Waals surface area (Å²) >= 11 is 13.0. The van der Waals surface area contributed by atoms with Gasteiger partial charge in [0.2, 0.25) is 0 Å². The summed E-state index contributed by atoms with van der Waals surface area (Å²) in [6.07, 6.45) is 2.04. The van der Waals surface area contributed by atoms with E-state index in [0.717, 1.165) is 0 Å². The van der Waals surface area contributed by atoms with Crippen molar-refractivity contribution >= 4 is 41.5 Å². The summed E-state index contributed by atoms with van der Waals surface area (Å²) < 4.78 is 10.7. The molecule has 5 atom stereocenters. The maximum absolute atomic E-state index is 12.3. The molecule has 146 valence electrons. The van der Waals surface area contributed by atoms with Gasteiger partial charge in [0.25, 0.3) is 0 Å². The molecule has 3 rings (SSSR count). The first kappa shape index (κ1) is 20.0. The number of hydrogen-bond donors (Lipinski definition) is 0. The van der Waals surface area contributed by atoms with Crippen LogP contribution in [0.15, 0.2) is 35.3 Å². The van der Waals surface area contributed by atoms with Crippen molar-refractivity contribution in [3.05, 3.63) is 35.9 Å². The number of ether oxygens (including phenoxy) is 2. The van der Waals surface area contributed by atoms with Crippen molar-refractivity contribution in [3.8, 4) is 0 Å². The van der Waals surface area contributed by atoms with E-state index in [0.29, 0.717) is 12.0 Å². The molecule has 2 aliphatic rings. The third-order valence-electron chi connectivity index (χ3n) is 5.19. The van der Waals surface area contributed by atoms with Crippen LogP contribution in [0.2, 0.25) is 0 Å². The molecule has 1 aromatic carbocycles. The van der Waals surface area contributed by atoms with E-state index in [1.54, 1.807) is 42.6 Å². The number of likely N-dealkylation sites (N-methyl/N-ethyl adjacent to an activating group) is 1. The first-order chi connectivity index (χ1) is 12.8. The van der Waals surface area contributed by atoms with Crippen molar-refractivity contribution in [1.29, 1.82) is 0 Å². The lowest BCUT2D eigenvalue weighted by molar-refractivity contribution is -0.143. The fourth-order valence-corrected chi connectivity index (χ4v) is 4.17. The van der Waals surface area contributed by atoms with Crippen molar-refractivity contribution in [2.45, 2.75) is 23.8 Å². The fraction of sp³-hybridized carbons (Fsp3) is 0.526. The van der Waals surface area contributed by atoms with Gasteiger partial charge in [0.05, 0.1) is 31.0 Å². The van der Waals surface area contributed by atoms with Crippen LogP contribution >= 0.6 is 23.2 Å². The fourth-order valence-electron chi connectivity index (χ4n) is 3.58. The Hall–Kier alpha value is -1.79. The van der Waals surface area contributed by atoms with Gasteiger partial charge in [0.15, 0.2) is 10.5 Å². The second-order valence-electron chi connectivity index (χ2n) is 7.09. The Morgan fingerprint density at radius 3 is 2.78 bits per heavy atom. The first-order valence-corrected chi connectivity index (χ1v) is 9.62. The molecule has 0 aliphatic carbocycles.